The molecular weight excluding hydrogens is 348 g/mol. The lowest BCUT2D eigenvalue weighted by Gasteiger charge is -2.07. The Morgan fingerprint density at radius 1 is 1.00 bits per heavy atom. The van der Waals surface area contributed by atoms with Gasteiger partial charge in [-0.2, -0.15) is 0 Å². The average molecular weight is 365 g/mol. The number of nitrogens with one attached hydrogen (secondary N) is 1. The van der Waals surface area contributed by atoms with E-state index in [0.29, 0.717) is 17.3 Å². The largest absolute Gasteiger partial charge is 0.323 e. The first kappa shape index (κ1) is 17.7. The zero-order chi connectivity index (χ0) is 18.4. The standard InChI is InChI=1S/C21H17ClN2O2/c22-19-6-2-1-5-17(19)10-13-20(25)23-18-11-8-16(9-12-18)15-24-14-4-3-7-21(24)26/h1-14H,15H2,(H,23,25). The molecule has 0 aliphatic carbocycles. The maximum atomic E-state index is 12.0. The summed E-state index contributed by atoms with van der Waals surface area (Å²) in [4.78, 5) is 23.8. The second-order valence-corrected chi connectivity index (χ2v) is 6.11. The number of halogens is 1. The lowest BCUT2D eigenvalue weighted by atomic mass is 10.2. The van der Waals surface area contributed by atoms with Crippen molar-refractivity contribution in [3.8, 4) is 0 Å². The maximum Gasteiger partial charge on any atom is 0.250 e. The topological polar surface area (TPSA) is 51.1 Å². The summed E-state index contributed by atoms with van der Waals surface area (Å²) in [6.07, 6.45) is 4.87. The molecule has 0 atom stereocenters. The van der Waals surface area contributed by atoms with Crippen LogP contribution in [-0.4, -0.2) is 10.5 Å². The minimum Gasteiger partial charge on any atom is -0.323 e. The Kier molecular flexibility index (Phi) is 5.66. The highest BCUT2D eigenvalue weighted by Crippen LogP contribution is 2.16. The Morgan fingerprint density at radius 2 is 1.73 bits per heavy atom. The molecule has 1 aromatic heterocycles. The highest BCUT2D eigenvalue weighted by Gasteiger charge is 2.01. The minimum absolute atomic E-state index is 0.0467. The number of amides is 1. The molecule has 1 N–H and O–H groups in total. The van der Waals surface area contributed by atoms with Gasteiger partial charge in [-0.1, -0.05) is 48.0 Å². The molecule has 0 bridgehead atoms. The average Bonchev–Trinajstić information content (AvgIpc) is 2.64. The van der Waals surface area contributed by atoms with Crippen LogP contribution in [0.25, 0.3) is 6.08 Å². The Morgan fingerprint density at radius 3 is 2.46 bits per heavy atom. The fraction of sp³-hybridized carbons (Fsp3) is 0.0476. The monoisotopic (exact) mass is 364 g/mol. The summed E-state index contributed by atoms with van der Waals surface area (Å²) in [6.45, 7) is 0.486. The fourth-order valence-corrected chi connectivity index (χ4v) is 2.64. The summed E-state index contributed by atoms with van der Waals surface area (Å²) < 4.78 is 1.62. The Hall–Kier alpha value is -3.11. The number of hydrogen-bond acceptors (Lipinski definition) is 2. The Balaban J connectivity index is 1.62. The van der Waals surface area contributed by atoms with Gasteiger partial charge in [0.1, 0.15) is 0 Å². The van der Waals surface area contributed by atoms with Gasteiger partial charge in [-0.25, -0.2) is 0 Å². The van der Waals surface area contributed by atoms with Gasteiger partial charge >= 0.3 is 0 Å². The van der Waals surface area contributed by atoms with Crippen LogP contribution in [0.5, 0.6) is 0 Å². The van der Waals surface area contributed by atoms with Gasteiger partial charge in [-0.15, -0.1) is 0 Å². The van der Waals surface area contributed by atoms with Crippen LogP contribution in [0.1, 0.15) is 11.1 Å². The molecule has 26 heavy (non-hydrogen) atoms. The van der Waals surface area contributed by atoms with Gasteiger partial charge in [0.05, 0.1) is 6.54 Å². The number of carbonyl (C=O) groups is 1. The van der Waals surface area contributed by atoms with Crippen LogP contribution in [0.3, 0.4) is 0 Å². The van der Waals surface area contributed by atoms with Gasteiger partial charge in [0.2, 0.25) is 5.91 Å². The van der Waals surface area contributed by atoms with Crippen molar-refractivity contribution in [3.05, 3.63) is 106 Å². The molecular formula is C21H17ClN2O2. The first-order chi connectivity index (χ1) is 12.6. The van der Waals surface area contributed by atoms with Crippen LogP contribution in [0.2, 0.25) is 5.02 Å². The molecule has 0 saturated carbocycles. The Labute approximate surface area is 156 Å². The predicted octanol–water partition coefficient (Wildman–Crippen LogP) is 4.20. The fourth-order valence-electron chi connectivity index (χ4n) is 2.44. The number of hydrogen-bond donors (Lipinski definition) is 1. The molecule has 2 aromatic carbocycles. The zero-order valence-corrected chi connectivity index (χ0v) is 14.7. The van der Waals surface area contributed by atoms with Gasteiger partial charge in [-0.05, 0) is 41.5 Å². The summed E-state index contributed by atoms with van der Waals surface area (Å²) in [6, 6.07) is 19.8. The molecule has 0 radical (unpaired) electrons. The van der Waals surface area contributed by atoms with E-state index in [9.17, 15) is 9.59 Å². The Bertz CT molecular complexity index is 991. The van der Waals surface area contributed by atoms with E-state index in [4.69, 9.17) is 11.6 Å². The number of benzene rings is 2. The van der Waals surface area contributed by atoms with Gasteiger partial charge in [0.15, 0.2) is 0 Å². The summed E-state index contributed by atoms with van der Waals surface area (Å²) in [7, 11) is 0. The zero-order valence-electron chi connectivity index (χ0n) is 13.9. The number of aromatic nitrogens is 1. The van der Waals surface area contributed by atoms with Crippen molar-refractivity contribution in [2.75, 3.05) is 5.32 Å². The van der Waals surface area contributed by atoms with Crippen LogP contribution in [0.4, 0.5) is 5.69 Å². The van der Waals surface area contributed by atoms with Gasteiger partial charge in [0.25, 0.3) is 5.56 Å². The minimum atomic E-state index is -0.239. The first-order valence-electron chi connectivity index (χ1n) is 8.10. The molecule has 0 fully saturated rings. The highest BCUT2D eigenvalue weighted by atomic mass is 35.5. The van der Waals surface area contributed by atoms with E-state index in [2.05, 4.69) is 5.32 Å². The van der Waals surface area contributed by atoms with Crippen molar-refractivity contribution in [3.63, 3.8) is 0 Å². The van der Waals surface area contributed by atoms with E-state index >= 15 is 0 Å². The van der Waals surface area contributed by atoms with E-state index in [0.717, 1.165) is 11.1 Å². The molecule has 0 aliphatic rings. The number of anilines is 1. The molecule has 130 valence electrons. The molecule has 3 aromatic rings. The maximum absolute atomic E-state index is 12.0. The lowest BCUT2D eigenvalue weighted by molar-refractivity contribution is -0.111. The summed E-state index contributed by atoms with van der Waals surface area (Å²) in [5.74, 6) is -0.239. The van der Waals surface area contributed by atoms with Crippen LogP contribution >= 0.6 is 11.6 Å². The van der Waals surface area contributed by atoms with Crippen molar-refractivity contribution in [1.82, 2.24) is 4.57 Å². The second-order valence-electron chi connectivity index (χ2n) is 5.71. The van der Waals surface area contributed by atoms with Crippen LogP contribution in [-0.2, 0) is 11.3 Å². The van der Waals surface area contributed by atoms with Crippen molar-refractivity contribution < 1.29 is 4.79 Å². The van der Waals surface area contributed by atoms with Gasteiger partial charge < -0.3 is 9.88 Å². The second kappa shape index (κ2) is 8.32. The van der Waals surface area contributed by atoms with Gasteiger partial charge in [-0.3, -0.25) is 9.59 Å². The first-order valence-corrected chi connectivity index (χ1v) is 8.47. The quantitative estimate of drug-likeness (QED) is 0.690. The molecule has 1 heterocycles. The number of pyridine rings is 1. The molecule has 4 nitrogen and oxygen atoms in total. The van der Waals surface area contributed by atoms with Crippen molar-refractivity contribution in [2.24, 2.45) is 0 Å². The molecule has 0 saturated heterocycles. The molecule has 3 rings (SSSR count). The van der Waals surface area contributed by atoms with Gasteiger partial charge in [0, 0.05) is 29.0 Å². The molecule has 0 aliphatic heterocycles. The number of nitrogens with zero attached hydrogens (tertiary/aromatic N) is 1. The van der Waals surface area contributed by atoms with E-state index in [1.54, 1.807) is 29.0 Å². The van der Waals surface area contributed by atoms with Crippen LogP contribution in [0.15, 0.2) is 83.8 Å². The third kappa shape index (κ3) is 4.71. The summed E-state index contributed by atoms with van der Waals surface area (Å²) in [5, 5.41) is 3.39. The molecule has 5 heteroatoms. The lowest BCUT2D eigenvalue weighted by Crippen LogP contribution is -2.18. The number of carbonyl (C=O) groups excluding carboxylic acids is 1. The van der Waals surface area contributed by atoms with E-state index in [1.807, 2.05) is 48.5 Å². The normalized spacial score (nSPS) is 10.8. The summed E-state index contributed by atoms with van der Waals surface area (Å²) in [5.41, 5.74) is 2.40. The van der Waals surface area contributed by atoms with Crippen LogP contribution in [0, 0.1) is 0 Å². The third-order valence-electron chi connectivity index (χ3n) is 3.79. The molecule has 0 unspecified atom stereocenters. The van der Waals surface area contributed by atoms with E-state index < -0.39 is 0 Å². The van der Waals surface area contributed by atoms with Crippen LogP contribution < -0.4 is 10.9 Å². The van der Waals surface area contributed by atoms with Crippen molar-refractivity contribution in [1.29, 1.82) is 0 Å². The van der Waals surface area contributed by atoms with E-state index in [-0.39, 0.29) is 11.5 Å². The predicted molar refractivity (Wildman–Crippen MR) is 105 cm³/mol. The van der Waals surface area contributed by atoms with Crippen molar-refractivity contribution >= 4 is 29.3 Å². The molecule has 0 spiro atoms. The van der Waals surface area contributed by atoms with Crippen molar-refractivity contribution in [2.45, 2.75) is 6.54 Å². The highest BCUT2D eigenvalue weighted by molar-refractivity contribution is 6.32. The molecule has 1 amide bonds. The smallest absolute Gasteiger partial charge is 0.250 e. The number of rotatable bonds is 5. The third-order valence-corrected chi connectivity index (χ3v) is 4.14. The summed E-state index contributed by atoms with van der Waals surface area (Å²) >= 11 is 6.06. The van der Waals surface area contributed by atoms with E-state index in [1.165, 1.54) is 12.1 Å². The SMILES string of the molecule is O=C(C=Cc1ccccc1Cl)Nc1ccc(Cn2ccccc2=O)cc1.